The number of carbonyl (C=O) groups excluding carboxylic acids is 1. The molecule has 44 heavy (non-hydrogen) atoms. The Kier molecular flexibility index (Phi) is 9.76. The predicted octanol–water partition coefficient (Wildman–Crippen LogP) is 6.21. The number of azide groups is 1. The molecule has 1 heterocycles. The third-order valence-corrected chi connectivity index (χ3v) is 7.33. The number of amides is 1. The van der Waals surface area contributed by atoms with E-state index in [0.29, 0.717) is 35.6 Å². The molecule has 0 fully saturated rings. The van der Waals surface area contributed by atoms with Crippen LogP contribution >= 0.6 is 0 Å². The molecule has 0 aliphatic carbocycles. The van der Waals surface area contributed by atoms with Gasteiger partial charge >= 0.3 is 0 Å². The fraction of sp³-hybridized carbons (Fsp3) is 0.235. The quantitative estimate of drug-likeness (QED) is 0.0823. The molecule has 0 radical (unpaired) electrons. The molecule has 224 valence electrons. The molecule has 2 N–H and O–H groups in total. The van der Waals surface area contributed by atoms with Crippen LogP contribution in [0.4, 0.5) is 5.69 Å². The van der Waals surface area contributed by atoms with Crippen molar-refractivity contribution in [2.45, 2.75) is 31.0 Å². The summed E-state index contributed by atoms with van der Waals surface area (Å²) in [5.41, 5.74) is 11.2. The van der Waals surface area contributed by atoms with Crippen molar-refractivity contribution < 1.29 is 24.1 Å². The van der Waals surface area contributed by atoms with E-state index in [1.165, 1.54) is 0 Å². The summed E-state index contributed by atoms with van der Waals surface area (Å²) in [6.07, 6.45) is -0.156. The predicted molar refractivity (Wildman–Crippen MR) is 167 cm³/mol. The van der Waals surface area contributed by atoms with Gasteiger partial charge in [0.2, 0.25) is 5.90 Å². The lowest BCUT2D eigenvalue weighted by atomic mass is 9.81. The first kappa shape index (κ1) is 30.2. The molecule has 5 rings (SSSR count). The highest BCUT2D eigenvalue weighted by molar-refractivity contribution is 6.01. The van der Waals surface area contributed by atoms with Gasteiger partial charge in [0.15, 0.2) is 11.6 Å². The minimum atomic E-state index is -1.44. The van der Waals surface area contributed by atoms with Crippen molar-refractivity contribution in [3.05, 3.63) is 136 Å². The lowest BCUT2D eigenvalue weighted by molar-refractivity contribution is -0.129. The maximum atomic E-state index is 14.4. The summed E-state index contributed by atoms with van der Waals surface area (Å²) in [6.45, 7) is 0.695. The van der Waals surface area contributed by atoms with Gasteiger partial charge in [-0.05, 0) is 53.1 Å². The molecule has 2 atom stereocenters. The lowest BCUT2D eigenvalue weighted by Crippen LogP contribution is -2.49. The monoisotopic (exact) mass is 591 g/mol. The Hall–Kier alpha value is -5.31. The Morgan fingerprint density at radius 2 is 1.68 bits per heavy atom. The van der Waals surface area contributed by atoms with Gasteiger partial charge in [0.1, 0.15) is 11.5 Å². The number of nitrogens with zero attached hydrogens (tertiary/aromatic N) is 4. The summed E-state index contributed by atoms with van der Waals surface area (Å²) in [7, 11) is 1.60. The number of benzene rings is 4. The van der Waals surface area contributed by atoms with E-state index in [-0.39, 0.29) is 31.4 Å². The fourth-order valence-corrected chi connectivity index (χ4v) is 5.09. The Morgan fingerprint density at radius 3 is 2.39 bits per heavy atom. The first-order chi connectivity index (χ1) is 21.6. The normalized spacial score (nSPS) is 17.1. The number of nitrogens with one attached hydrogen (secondary N) is 1. The molecular weight excluding hydrogens is 558 g/mol. The van der Waals surface area contributed by atoms with Crippen LogP contribution in [-0.2, 0) is 22.5 Å². The van der Waals surface area contributed by atoms with Gasteiger partial charge in [0, 0.05) is 47.7 Å². The highest BCUT2D eigenvalue weighted by atomic mass is 16.5. The third kappa shape index (κ3) is 6.83. The number of rotatable bonds is 13. The van der Waals surface area contributed by atoms with E-state index < -0.39 is 11.6 Å². The van der Waals surface area contributed by atoms with E-state index in [9.17, 15) is 10.3 Å². The number of hydrogen-bond donors (Lipinski definition) is 2. The topological polar surface area (TPSA) is 138 Å². The van der Waals surface area contributed by atoms with Crippen LogP contribution in [0, 0.1) is 0 Å². The zero-order valence-electron chi connectivity index (χ0n) is 24.3. The summed E-state index contributed by atoms with van der Waals surface area (Å²) in [5.74, 6) is 1.30. The minimum absolute atomic E-state index is 0.0471. The van der Waals surface area contributed by atoms with Crippen molar-refractivity contribution in [2.75, 3.05) is 20.3 Å². The summed E-state index contributed by atoms with van der Waals surface area (Å²) < 4.78 is 17.5. The molecule has 10 heteroatoms. The molecule has 0 aromatic heterocycles. The second-order valence-corrected chi connectivity index (χ2v) is 10.2. The molecule has 0 bridgehead atoms. The molecule has 0 saturated heterocycles. The van der Waals surface area contributed by atoms with Gasteiger partial charge in [-0.15, -0.1) is 0 Å². The van der Waals surface area contributed by atoms with Gasteiger partial charge in [-0.3, -0.25) is 4.79 Å². The average molecular weight is 592 g/mol. The van der Waals surface area contributed by atoms with Gasteiger partial charge in [-0.2, -0.15) is 0 Å². The van der Waals surface area contributed by atoms with E-state index >= 15 is 0 Å². The maximum Gasteiger partial charge on any atom is 0.252 e. The summed E-state index contributed by atoms with van der Waals surface area (Å²) >= 11 is 0. The van der Waals surface area contributed by atoms with Gasteiger partial charge in [0.05, 0.1) is 13.7 Å². The standard InChI is InChI=1S/C34H33N5O5/c1-42-27-16-12-25(13-17-27)23-36-33(41)34(22-24-8-3-2-4-9-24)31(29-10-5-6-11-30(29)38-39-35)44-32(37-34)26-14-18-28(19-15-26)43-21-7-20-40/h2-6,8-19,31,40H,7,20-23H2,1H3,(H,36,41)/t31-,34-/m1/s1. The van der Waals surface area contributed by atoms with Crippen LogP contribution in [0.25, 0.3) is 10.4 Å². The Labute approximate surface area is 255 Å². The number of ether oxygens (including phenoxy) is 3. The van der Waals surface area contributed by atoms with Crippen molar-refractivity contribution in [3.63, 3.8) is 0 Å². The Balaban J connectivity index is 1.57. The van der Waals surface area contributed by atoms with Crippen molar-refractivity contribution in [1.29, 1.82) is 0 Å². The van der Waals surface area contributed by atoms with Crippen molar-refractivity contribution in [3.8, 4) is 11.5 Å². The van der Waals surface area contributed by atoms with Crippen LogP contribution in [0.15, 0.2) is 113 Å². The van der Waals surface area contributed by atoms with Crippen LogP contribution in [0.5, 0.6) is 11.5 Å². The maximum absolute atomic E-state index is 14.4. The van der Waals surface area contributed by atoms with E-state index in [0.717, 1.165) is 16.9 Å². The van der Waals surface area contributed by atoms with Crippen LogP contribution in [0.2, 0.25) is 0 Å². The molecule has 1 aliphatic heterocycles. The number of aliphatic hydroxyl groups is 1. The molecule has 0 saturated carbocycles. The zero-order valence-corrected chi connectivity index (χ0v) is 24.3. The number of carbonyl (C=O) groups is 1. The molecule has 10 nitrogen and oxygen atoms in total. The van der Waals surface area contributed by atoms with Crippen LogP contribution < -0.4 is 14.8 Å². The number of methoxy groups -OCH3 is 1. The van der Waals surface area contributed by atoms with Gasteiger partial charge in [-0.1, -0.05) is 71.8 Å². The summed E-state index contributed by atoms with van der Waals surface area (Å²) in [5, 5.41) is 16.1. The molecular formula is C34H33N5O5. The highest BCUT2D eigenvalue weighted by Gasteiger charge is 2.53. The number of aliphatic imine (C=N–C) groups is 1. The number of aliphatic hydroxyl groups excluding tert-OH is 1. The van der Waals surface area contributed by atoms with Crippen LogP contribution in [-0.4, -0.2) is 42.8 Å². The first-order valence-corrected chi connectivity index (χ1v) is 14.3. The van der Waals surface area contributed by atoms with Gasteiger partial charge in [-0.25, -0.2) is 4.99 Å². The highest BCUT2D eigenvalue weighted by Crippen LogP contribution is 2.45. The molecule has 4 aromatic rings. The van der Waals surface area contributed by atoms with Crippen LogP contribution in [0.1, 0.15) is 34.8 Å². The van der Waals surface area contributed by atoms with Crippen molar-refractivity contribution >= 4 is 17.5 Å². The largest absolute Gasteiger partial charge is 0.497 e. The molecule has 0 unspecified atom stereocenters. The molecule has 1 amide bonds. The summed E-state index contributed by atoms with van der Waals surface area (Å²) in [4.78, 5) is 22.5. The van der Waals surface area contributed by atoms with Crippen LogP contribution in [0.3, 0.4) is 0 Å². The average Bonchev–Trinajstić information content (AvgIpc) is 3.45. The Morgan fingerprint density at radius 1 is 0.977 bits per heavy atom. The molecule has 1 aliphatic rings. The van der Waals surface area contributed by atoms with Crippen molar-refractivity contribution in [1.82, 2.24) is 5.32 Å². The summed E-state index contributed by atoms with van der Waals surface area (Å²) in [6, 6.07) is 31.4. The zero-order chi connectivity index (χ0) is 30.8. The second kappa shape index (κ2) is 14.2. The minimum Gasteiger partial charge on any atom is -0.497 e. The smallest absolute Gasteiger partial charge is 0.252 e. The first-order valence-electron chi connectivity index (χ1n) is 14.3. The van der Waals surface area contributed by atoms with Crippen molar-refractivity contribution in [2.24, 2.45) is 10.1 Å². The van der Waals surface area contributed by atoms with E-state index in [2.05, 4.69) is 15.3 Å². The SMILES string of the molecule is COc1ccc(CNC(=O)[C@]2(Cc3ccccc3)N=C(c3ccc(OCCCO)cc3)O[C@@H]2c2ccccc2N=[N+]=[N-])cc1. The van der Waals surface area contributed by atoms with E-state index in [4.69, 9.17) is 24.3 Å². The van der Waals surface area contributed by atoms with E-state index in [1.54, 1.807) is 37.4 Å². The second-order valence-electron chi connectivity index (χ2n) is 10.2. The lowest BCUT2D eigenvalue weighted by Gasteiger charge is -2.31. The molecule has 4 aromatic carbocycles. The van der Waals surface area contributed by atoms with Gasteiger partial charge < -0.3 is 24.6 Å². The fourth-order valence-electron chi connectivity index (χ4n) is 5.09. The van der Waals surface area contributed by atoms with Gasteiger partial charge in [0.25, 0.3) is 5.91 Å². The number of hydrogen-bond acceptors (Lipinski definition) is 7. The Bertz CT molecular complexity index is 1640. The molecule has 0 spiro atoms. The third-order valence-electron chi connectivity index (χ3n) is 7.33. The van der Waals surface area contributed by atoms with E-state index in [1.807, 2.05) is 72.8 Å².